The summed E-state index contributed by atoms with van der Waals surface area (Å²) in [7, 11) is 1.69. The second-order valence-corrected chi connectivity index (χ2v) is 5.53. The summed E-state index contributed by atoms with van der Waals surface area (Å²) in [5, 5.41) is 6.58. The second kappa shape index (κ2) is 13.0. The number of guanidine groups is 1. The Bertz CT molecular complexity index is 405. The summed E-state index contributed by atoms with van der Waals surface area (Å²) < 4.78 is 15.9. The Hall–Kier alpha value is -1.53. The zero-order valence-corrected chi connectivity index (χ0v) is 14.6. The van der Waals surface area contributed by atoms with Gasteiger partial charge in [0.2, 0.25) is 0 Å². The summed E-state index contributed by atoms with van der Waals surface area (Å²) in [4.78, 5) is 4.58. The molecule has 0 bridgehead atoms. The van der Waals surface area contributed by atoms with Crippen LogP contribution in [0.25, 0.3) is 0 Å². The van der Waals surface area contributed by atoms with Crippen LogP contribution in [0.5, 0.6) is 0 Å². The Morgan fingerprint density at radius 1 is 1.22 bits per heavy atom. The smallest absolute Gasteiger partial charge is 0.191 e. The fourth-order valence-electron chi connectivity index (χ4n) is 1.93. The third-order valence-electron chi connectivity index (χ3n) is 3.12. The highest BCUT2D eigenvalue weighted by molar-refractivity contribution is 5.79. The number of hydrogen-bond donors (Lipinski definition) is 2. The average Bonchev–Trinajstić information content (AvgIpc) is 3.03. The summed E-state index contributed by atoms with van der Waals surface area (Å²) >= 11 is 0. The van der Waals surface area contributed by atoms with Crippen molar-refractivity contribution < 1.29 is 13.9 Å². The summed E-state index contributed by atoms with van der Waals surface area (Å²) in [6, 6.07) is 3.88. The first-order chi connectivity index (χ1) is 11.2. The van der Waals surface area contributed by atoms with Crippen molar-refractivity contribution in [1.29, 1.82) is 0 Å². The first-order valence-electron chi connectivity index (χ1n) is 8.37. The zero-order chi connectivity index (χ0) is 16.8. The number of nitrogens with one attached hydrogen (secondary N) is 2. The first kappa shape index (κ1) is 19.5. The zero-order valence-electron chi connectivity index (χ0n) is 14.6. The monoisotopic (exact) mass is 325 g/mol. The molecule has 1 aromatic heterocycles. The molecule has 0 amide bonds. The molecular weight excluding hydrogens is 294 g/mol. The Kier molecular flexibility index (Phi) is 11.0. The minimum absolute atomic E-state index is 0.299. The van der Waals surface area contributed by atoms with E-state index in [1.54, 1.807) is 13.4 Å². The lowest BCUT2D eigenvalue weighted by Crippen LogP contribution is -2.40. The molecule has 1 aromatic rings. The third-order valence-corrected chi connectivity index (χ3v) is 3.12. The van der Waals surface area contributed by atoms with Crippen LogP contribution in [-0.4, -0.2) is 52.0 Å². The number of unbranched alkanes of at least 4 members (excludes halogenated alkanes) is 1. The van der Waals surface area contributed by atoms with Crippen LogP contribution in [-0.2, 0) is 15.9 Å². The van der Waals surface area contributed by atoms with Gasteiger partial charge in [-0.15, -0.1) is 0 Å². The predicted molar refractivity (Wildman–Crippen MR) is 92.9 cm³/mol. The van der Waals surface area contributed by atoms with Gasteiger partial charge in [0.25, 0.3) is 0 Å². The molecule has 2 N–H and O–H groups in total. The maximum Gasteiger partial charge on any atom is 0.191 e. The SMILES string of the molecule is COCCNC(=NCCCCOC(C)C)NCCc1ccco1. The predicted octanol–water partition coefficient (Wildman–Crippen LogP) is 2.21. The van der Waals surface area contributed by atoms with Crippen LogP contribution in [0.2, 0.25) is 0 Å². The van der Waals surface area contributed by atoms with Crippen molar-refractivity contribution in [3.63, 3.8) is 0 Å². The van der Waals surface area contributed by atoms with Crippen molar-refractivity contribution in [2.45, 2.75) is 39.2 Å². The Morgan fingerprint density at radius 2 is 2.04 bits per heavy atom. The largest absolute Gasteiger partial charge is 0.469 e. The van der Waals surface area contributed by atoms with Gasteiger partial charge in [0.1, 0.15) is 5.76 Å². The van der Waals surface area contributed by atoms with E-state index in [0.717, 1.165) is 57.2 Å². The van der Waals surface area contributed by atoms with Gasteiger partial charge >= 0.3 is 0 Å². The average molecular weight is 325 g/mol. The highest BCUT2D eigenvalue weighted by Gasteiger charge is 2.00. The van der Waals surface area contributed by atoms with Crippen molar-refractivity contribution in [2.75, 3.05) is 40.0 Å². The second-order valence-electron chi connectivity index (χ2n) is 5.53. The molecule has 6 nitrogen and oxygen atoms in total. The summed E-state index contributed by atoms with van der Waals surface area (Å²) in [5.41, 5.74) is 0. The number of furan rings is 1. The van der Waals surface area contributed by atoms with Gasteiger partial charge in [0.05, 0.1) is 19.0 Å². The molecule has 6 heteroatoms. The van der Waals surface area contributed by atoms with Crippen molar-refractivity contribution in [1.82, 2.24) is 10.6 Å². The van der Waals surface area contributed by atoms with Gasteiger partial charge in [-0.1, -0.05) is 0 Å². The minimum Gasteiger partial charge on any atom is -0.469 e. The molecule has 0 saturated carbocycles. The van der Waals surface area contributed by atoms with Crippen molar-refractivity contribution in [3.8, 4) is 0 Å². The topological polar surface area (TPSA) is 68.0 Å². The van der Waals surface area contributed by atoms with Gasteiger partial charge < -0.3 is 24.5 Å². The molecule has 0 aliphatic heterocycles. The van der Waals surface area contributed by atoms with E-state index in [-0.39, 0.29) is 0 Å². The van der Waals surface area contributed by atoms with Gasteiger partial charge in [0, 0.05) is 39.8 Å². The Balaban J connectivity index is 2.24. The van der Waals surface area contributed by atoms with Gasteiger partial charge in [-0.05, 0) is 38.8 Å². The van der Waals surface area contributed by atoms with E-state index in [9.17, 15) is 0 Å². The number of methoxy groups -OCH3 is 1. The lowest BCUT2D eigenvalue weighted by molar-refractivity contribution is 0.0763. The molecule has 0 fully saturated rings. The molecular formula is C17H31N3O3. The number of ether oxygens (including phenoxy) is 2. The maximum absolute atomic E-state index is 5.53. The van der Waals surface area contributed by atoms with Crippen LogP contribution >= 0.6 is 0 Å². The van der Waals surface area contributed by atoms with Crippen LogP contribution in [0.1, 0.15) is 32.4 Å². The molecule has 132 valence electrons. The van der Waals surface area contributed by atoms with E-state index in [0.29, 0.717) is 12.7 Å². The Labute approximate surface area is 139 Å². The number of rotatable bonds is 12. The van der Waals surface area contributed by atoms with Crippen molar-refractivity contribution in [3.05, 3.63) is 24.2 Å². The van der Waals surface area contributed by atoms with E-state index in [2.05, 4.69) is 29.5 Å². The number of hydrogen-bond acceptors (Lipinski definition) is 4. The van der Waals surface area contributed by atoms with Gasteiger partial charge in [-0.25, -0.2) is 0 Å². The lowest BCUT2D eigenvalue weighted by atomic mass is 10.3. The van der Waals surface area contributed by atoms with Crippen LogP contribution in [0.4, 0.5) is 0 Å². The summed E-state index contributed by atoms with van der Waals surface area (Å²) in [6.07, 6.45) is 4.87. The van der Waals surface area contributed by atoms with Crippen LogP contribution in [0.15, 0.2) is 27.8 Å². The molecule has 0 radical (unpaired) electrons. The summed E-state index contributed by atoms with van der Waals surface area (Å²) in [6.45, 7) is 7.86. The molecule has 0 unspecified atom stereocenters. The fraction of sp³-hybridized carbons (Fsp3) is 0.706. The van der Waals surface area contributed by atoms with Crippen molar-refractivity contribution >= 4 is 5.96 Å². The highest BCUT2D eigenvalue weighted by Crippen LogP contribution is 1.99. The Morgan fingerprint density at radius 3 is 2.74 bits per heavy atom. The standard InChI is InChI=1S/C17H31N3O3/c1-15(2)22-12-5-4-9-18-17(20-11-14-21-3)19-10-8-16-7-6-13-23-16/h6-7,13,15H,4-5,8-12,14H2,1-3H3,(H2,18,19,20). The van der Waals surface area contributed by atoms with E-state index in [1.165, 1.54) is 0 Å². The van der Waals surface area contributed by atoms with E-state index >= 15 is 0 Å². The molecule has 0 aliphatic rings. The number of aliphatic imine (C=N–C) groups is 1. The maximum atomic E-state index is 5.53. The quantitative estimate of drug-likeness (QED) is 0.350. The molecule has 0 atom stereocenters. The van der Waals surface area contributed by atoms with Gasteiger partial charge in [-0.3, -0.25) is 4.99 Å². The van der Waals surface area contributed by atoms with Gasteiger partial charge in [-0.2, -0.15) is 0 Å². The first-order valence-corrected chi connectivity index (χ1v) is 8.37. The molecule has 0 saturated heterocycles. The van der Waals surface area contributed by atoms with Gasteiger partial charge in [0.15, 0.2) is 5.96 Å². The molecule has 23 heavy (non-hydrogen) atoms. The molecule has 0 spiro atoms. The van der Waals surface area contributed by atoms with E-state index < -0.39 is 0 Å². The molecule has 1 heterocycles. The van der Waals surface area contributed by atoms with Crippen LogP contribution in [0, 0.1) is 0 Å². The van der Waals surface area contributed by atoms with E-state index in [1.807, 2.05) is 12.1 Å². The minimum atomic E-state index is 0.299. The highest BCUT2D eigenvalue weighted by atomic mass is 16.5. The van der Waals surface area contributed by atoms with E-state index in [4.69, 9.17) is 13.9 Å². The molecule has 0 aliphatic carbocycles. The normalized spacial score (nSPS) is 11.9. The van der Waals surface area contributed by atoms with Crippen LogP contribution in [0.3, 0.4) is 0 Å². The van der Waals surface area contributed by atoms with Crippen LogP contribution < -0.4 is 10.6 Å². The number of nitrogens with zero attached hydrogens (tertiary/aromatic N) is 1. The molecule has 0 aromatic carbocycles. The van der Waals surface area contributed by atoms with Crippen molar-refractivity contribution in [2.24, 2.45) is 4.99 Å². The molecule has 1 rings (SSSR count). The lowest BCUT2D eigenvalue weighted by Gasteiger charge is -2.12. The third kappa shape index (κ3) is 10.8. The summed E-state index contributed by atoms with van der Waals surface area (Å²) in [5.74, 6) is 1.79. The fourth-order valence-corrected chi connectivity index (χ4v) is 1.93.